The minimum Gasteiger partial charge on any atom is -0.457 e. The lowest BCUT2D eigenvalue weighted by Gasteiger charge is -2.10. The summed E-state index contributed by atoms with van der Waals surface area (Å²) in [6.45, 7) is 0. The molecule has 0 aliphatic heterocycles. The Balaban J connectivity index is 2.12. The summed E-state index contributed by atoms with van der Waals surface area (Å²) in [7, 11) is 1.48. The van der Waals surface area contributed by atoms with Crippen LogP contribution in [-0.2, 0) is 11.0 Å². The van der Waals surface area contributed by atoms with Gasteiger partial charge in [0.25, 0.3) is 0 Å². The number of alkyl halides is 3. The molecular formula is C14H12F3NO2. The lowest BCUT2D eigenvalue weighted by atomic mass is 10.2. The van der Waals surface area contributed by atoms with Crippen molar-refractivity contribution in [3.05, 3.63) is 54.1 Å². The molecule has 2 aromatic rings. The molecular weight excluding hydrogens is 271 g/mol. The first-order valence-corrected chi connectivity index (χ1v) is 5.73. The highest BCUT2D eigenvalue weighted by Crippen LogP contribution is 2.31. The van der Waals surface area contributed by atoms with Crippen LogP contribution in [0.15, 0.2) is 48.5 Å². The maximum Gasteiger partial charge on any atom is 0.416 e. The average molecular weight is 283 g/mol. The molecule has 0 fully saturated rings. The van der Waals surface area contributed by atoms with Crippen LogP contribution in [0.25, 0.3) is 0 Å². The molecule has 106 valence electrons. The van der Waals surface area contributed by atoms with Crippen molar-refractivity contribution in [3.8, 4) is 11.5 Å². The average Bonchev–Trinajstić information content (AvgIpc) is 2.39. The van der Waals surface area contributed by atoms with Gasteiger partial charge in [-0.3, -0.25) is 10.3 Å². The van der Waals surface area contributed by atoms with Crippen molar-refractivity contribution in [1.29, 1.82) is 0 Å². The van der Waals surface area contributed by atoms with Crippen molar-refractivity contribution in [3.63, 3.8) is 0 Å². The molecule has 0 aliphatic rings. The Morgan fingerprint density at radius 3 is 2.25 bits per heavy atom. The number of ether oxygens (including phenoxy) is 1. The molecule has 0 amide bonds. The fourth-order valence-corrected chi connectivity index (χ4v) is 1.59. The van der Waals surface area contributed by atoms with E-state index in [0.29, 0.717) is 17.2 Å². The van der Waals surface area contributed by atoms with Gasteiger partial charge in [0.2, 0.25) is 0 Å². The lowest BCUT2D eigenvalue weighted by Crippen LogP contribution is -2.04. The maximum absolute atomic E-state index is 12.4. The third-order valence-corrected chi connectivity index (χ3v) is 2.47. The van der Waals surface area contributed by atoms with E-state index in [9.17, 15) is 13.2 Å². The van der Waals surface area contributed by atoms with E-state index in [1.165, 1.54) is 19.2 Å². The van der Waals surface area contributed by atoms with E-state index >= 15 is 0 Å². The Hall–Kier alpha value is -2.21. The molecule has 0 bridgehead atoms. The summed E-state index contributed by atoms with van der Waals surface area (Å²) in [4.78, 5) is 4.76. The van der Waals surface area contributed by atoms with Crippen LogP contribution in [-0.4, -0.2) is 7.11 Å². The molecule has 0 heterocycles. The van der Waals surface area contributed by atoms with Gasteiger partial charge in [0.15, 0.2) is 0 Å². The first kappa shape index (κ1) is 14.2. The fourth-order valence-electron chi connectivity index (χ4n) is 1.59. The van der Waals surface area contributed by atoms with Gasteiger partial charge in [-0.15, -0.1) is 0 Å². The molecule has 0 saturated heterocycles. The highest BCUT2D eigenvalue weighted by atomic mass is 19.4. The van der Waals surface area contributed by atoms with Gasteiger partial charge in [-0.2, -0.15) is 13.2 Å². The lowest BCUT2D eigenvalue weighted by molar-refractivity contribution is -0.137. The molecule has 3 nitrogen and oxygen atoms in total. The Morgan fingerprint density at radius 1 is 0.950 bits per heavy atom. The summed E-state index contributed by atoms with van der Waals surface area (Å²) in [5.74, 6) is 0.819. The van der Waals surface area contributed by atoms with Crippen LogP contribution in [0, 0.1) is 0 Å². The van der Waals surface area contributed by atoms with Crippen LogP contribution in [0.2, 0.25) is 0 Å². The predicted octanol–water partition coefficient (Wildman–Crippen LogP) is 4.47. The molecule has 0 aliphatic carbocycles. The molecule has 0 aromatic heterocycles. The number of hydrogen-bond acceptors (Lipinski definition) is 3. The largest absolute Gasteiger partial charge is 0.457 e. The van der Waals surface area contributed by atoms with Crippen LogP contribution in [0.3, 0.4) is 0 Å². The molecule has 6 heteroatoms. The quantitative estimate of drug-likeness (QED) is 0.840. The van der Waals surface area contributed by atoms with Gasteiger partial charge in [0.1, 0.15) is 11.5 Å². The van der Waals surface area contributed by atoms with Crippen LogP contribution in [0.5, 0.6) is 11.5 Å². The minimum atomic E-state index is -4.35. The van der Waals surface area contributed by atoms with Crippen molar-refractivity contribution in [2.75, 3.05) is 12.6 Å². The Labute approximate surface area is 113 Å². The number of benzene rings is 2. The van der Waals surface area contributed by atoms with E-state index in [0.717, 1.165) is 12.1 Å². The van der Waals surface area contributed by atoms with Gasteiger partial charge in [0.05, 0.1) is 18.4 Å². The normalized spacial score (nSPS) is 11.2. The first-order valence-electron chi connectivity index (χ1n) is 5.73. The second kappa shape index (κ2) is 5.83. The molecule has 2 rings (SSSR count). The third kappa shape index (κ3) is 3.64. The van der Waals surface area contributed by atoms with Crippen molar-refractivity contribution in [2.45, 2.75) is 6.18 Å². The van der Waals surface area contributed by atoms with E-state index in [1.807, 2.05) is 0 Å². The van der Waals surface area contributed by atoms with E-state index in [1.54, 1.807) is 24.3 Å². The van der Waals surface area contributed by atoms with Crippen molar-refractivity contribution in [2.24, 2.45) is 0 Å². The standard InChI is InChI=1S/C14H12F3NO2/c1-19-18-11-3-2-4-13(9-11)20-12-7-5-10(6-8-12)14(15,16)17/h2-9,18H,1H3. The Morgan fingerprint density at radius 2 is 1.65 bits per heavy atom. The molecule has 1 N–H and O–H groups in total. The maximum atomic E-state index is 12.4. The van der Waals surface area contributed by atoms with E-state index < -0.39 is 11.7 Å². The molecule has 0 unspecified atom stereocenters. The summed E-state index contributed by atoms with van der Waals surface area (Å²) in [5.41, 5.74) is 2.60. The molecule has 0 radical (unpaired) electrons. The molecule has 0 atom stereocenters. The van der Waals surface area contributed by atoms with E-state index in [4.69, 9.17) is 9.57 Å². The van der Waals surface area contributed by atoms with Crippen molar-refractivity contribution >= 4 is 5.69 Å². The number of hydrogen-bond donors (Lipinski definition) is 1. The van der Waals surface area contributed by atoms with Crippen LogP contribution in [0.1, 0.15) is 5.56 Å². The fraction of sp³-hybridized carbons (Fsp3) is 0.143. The Kier molecular flexibility index (Phi) is 4.14. The van der Waals surface area contributed by atoms with Gasteiger partial charge >= 0.3 is 6.18 Å². The van der Waals surface area contributed by atoms with Gasteiger partial charge in [-0.1, -0.05) is 6.07 Å². The summed E-state index contributed by atoms with van der Waals surface area (Å²) >= 11 is 0. The summed E-state index contributed by atoms with van der Waals surface area (Å²) in [5, 5.41) is 0. The summed E-state index contributed by atoms with van der Waals surface area (Å²) < 4.78 is 42.7. The van der Waals surface area contributed by atoms with E-state index in [-0.39, 0.29) is 0 Å². The second-order valence-electron chi connectivity index (χ2n) is 3.96. The summed E-state index contributed by atoms with van der Waals surface area (Å²) in [6, 6.07) is 11.4. The SMILES string of the molecule is CONc1cccc(Oc2ccc(C(F)(F)F)cc2)c1. The zero-order valence-corrected chi connectivity index (χ0v) is 10.6. The number of rotatable bonds is 4. The molecule has 0 saturated carbocycles. The van der Waals surface area contributed by atoms with Crippen LogP contribution >= 0.6 is 0 Å². The molecule has 2 aromatic carbocycles. The monoisotopic (exact) mass is 283 g/mol. The number of halogens is 3. The predicted molar refractivity (Wildman–Crippen MR) is 68.6 cm³/mol. The number of nitrogens with one attached hydrogen (secondary N) is 1. The molecule has 0 spiro atoms. The van der Waals surface area contributed by atoms with E-state index in [2.05, 4.69) is 5.48 Å². The minimum absolute atomic E-state index is 0.326. The zero-order valence-electron chi connectivity index (χ0n) is 10.6. The molecule has 20 heavy (non-hydrogen) atoms. The highest BCUT2D eigenvalue weighted by molar-refractivity contribution is 5.47. The zero-order chi connectivity index (χ0) is 14.6. The van der Waals surface area contributed by atoms with Gasteiger partial charge in [0, 0.05) is 6.07 Å². The summed E-state index contributed by atoms with van der Waals surface area (Å²) in [6.07, 6.45) is -4.35. The van der Waals surface area contributed by atoms with Crippen molar-refractivity contribution in [1.82, 2.24) is 0 Å². The van der Waals surface area contributed by atoms with Crippen LogP contribution in [0.4, 0.5) is 18.9 Å². The topological polar surface area (TPSA) is 30.5 Å². The number of anilines is 1. The first-order chi connectivity index (χ1) is 9.49. The smallest absolute Gasteiger partial charge is 0.416 e. The van der Waals surface area contributed by atoms with Crippen molar-refractivity contribution < 1.29 is 22.7 Å². The Bertz CT molecular complexity index is 567. The van der Waals surface area contributed by atoms with Gasteiger partial charge in [-0.25, -0.2) is 0 Å². The highest BCUT2D eigenvalue weighted by Gasteiger charge is 2.30. The second-order valence-corrected chi connectivity index (χ2v) is 3.96. The van der Waals surface area contributed by atoms with Crippen LogP contribution < -0.4 is 10.2 Å². The van der Waals surface area contributed by atoms with Gasteiger partial charge in [-0.05, 0) is 36.4 Å². The third-order valence-electron chi connectivity index (χ3n) is 2.47. The van der Waals surface area contributed by atoms with Gasteiger partial charge < -0.3 is 4.74 Å².